The predicted molar refractivity (Wildman–Crippen MR) is 146 cm³/mol. The van der Waals surface area contributed by atoms with Crippen LogP contribution in [0.3, 0.4) is 0 Å². The number of hydrogen-bond donors (Lipinski definition) is 2. The van der Waals surface area contributed by atoms with Gasteiger partial charge in [-0.2, -0.15) is 0 Å². The fraction of sp³-hybridized carbons (Fsp3) is 0.538. The summed E-state index contributed by atoms with van der Waals surface area (Å²) in [5.74, 6) is -0.810. The predicted octanol–water partition coefficient (Wildman–Crippen LogP) is 4.58. The van der Waals surface area contributed by atoms with Crippen molar-refractivity contribution < 1.29 is 9.18 Å². The van der Waals surface area contributed by atoms with Crippen LogP contribution >= 0.6 is 24.8 Å². The number of pyridine rings is 1. The first-order valence-corrected chi connectivity index (χ1v) is 11.8. The van der Waals surface area contributed by atoms with Crippen LogP contribution in [0.4, 0.5) is 10.1 Å². The average molecular weight is 530 g/mol. The quantitative estimate of drug-likeness (QED) is 0.575. The highest BCUT2D eigenvalue weighted by Gasteiger charge is 2.29. The molecule has 0 aliphatic carbocycles. The molecule has 2 N–H and O–H groups in total. The van der Waals surface area contributed by atoms with Crippen LogP contribution in [0.25, 0.3) is 0 Å². The third kappa shape index (κ3) is 6.78. The second-order valence-corrected chi connectivity index (χ2v) is 9.47. The number of halogens is 3. The number of amides is 1. The van der Waals surface area contributed by atoms with E-state index in [9.17, 15) is 14.0 Å². The molecule has 9 heteroatoms. The molecule has 0 spiro atoms. The third-order valence-electron chi connectivity index (χ3n) is 6.92. The molecule has 0 bridgehead atoms. The Morgan fingerprint density at radius 1 is 1.14 bits per heavy atom. The van der Waals surface area contributed by atoms with E-state index in [0.717, 1.165) is 41.9 Å². The number of aryl methyl sites for hydroxylation is 2. The molecule has 2 heterocycles. The van der Waals surface area contributed by atoms with Gasteiger partial charge in [0.05, 0.1) is 0 Å². The van der Waals surface area contributed by atoms with Crippen LogP contribution in [-0.2, 0) is 13.6 Å². The largest absolute Gasteiger partial charge is 0.368 e. The number of hydrogen-bond acceptors (Lipinski definition) is 4. The van der Waals surface area contributed by atoms with E-state index in [0.29, 0.717) is 23.2 Å². The number of carbonyl (C=O) groups is 1. The molecule has 6 nitrogen and oxygen atoms in total. The number of anilines is 1. The Kier molecular flexibility index (Phi) is 11.3. The van der Waals surface area contributed by atoms with Gasteiger partial charge >= 0.3 is 0 Å². The van der Waals surface area contributed by atoms with Crippen molar-refractivity contribution in [3.8, 4) is 0 Å². The molecule has 1 saturated heterocycles. The van der Waals surface area contributed by atoms with Crippen molar-refractivity contribution in [2.24, 2.45) is 7.05 Å². The molecule has 0 saturated carbocycles. The maximum Gasteiger partial charge on any atom is 0.255 e. The van der Waals surface area contributed by atoms with Gasteiger partial charge in [0.15, 0.2) is 0 Å². The standard InChI is InChI=1S/C26H37FN4O2.2ClH/c1-8-31(21-10-16(3)29-17(4)11-21)24-13-20(27)12-22(19(24)6)25(32)28-14-23-15(2)9-18(5)30(7)26(23)33;;/h9,12-13,16-17,21,29H,8,10-11,14H2,1-7H3,(H,28,32);2*1H/t16-,17-;;/m1../s1. The van der Waals surface area contributed by atoms with Gasteiger partial charge in [0.2, 0.25) is 0 Å². The second-order valence-electron chi connectivity index (χ2n) is 9.47. The van der Waals surface area contributed by atoms with Crippen molar-refractivity contribution in [1.82, 2.24) is 15.2 Å². The van der Waals surface area contributed by atoms with Crippen molar-refractivity contribution in [1.29, 1.82) is 0 Å². The van der Waals surface area contributed by atoms with Gasteiger partial charge in [0.1, 0.15) is 5.82 Å². The maximum absolute atomic E-state index is 14.7. The lowest BCUT2D eigenvalue weighted by Crippen LogP contribution is -2.51. The molecule has 0 radical (unpaired) electrons. The molecule has 3 rings (SSSR count). The summed E-state index contributed by atoms with van der Waals surface area (Å²) in [4.78, 5) is 27.9. The SMILES string of the molecule is CCN(c1cc(F)cc(C(=O)NCc2c(C)cc(C)n(C)c2=O)c1C)C1C[C@@H](C)N[C@H](C)C1.Cl.Cl. The minimum absolute atomic E-state index is 0. The molecule has 0 unspecified atom stereocenters. The van der Waals surface area contributed by atoms with E-state index < -0.39 is 5.82 Å². The summed E-state index contributed by atoms with van der Waals surface area (Å²) in [6, 6.07) is 5.78. The number of aromatic nitrogens is 1. The van der Waals surface area contributed by atoms with Crippen molar-refractivity contribution in [3.05, 3.63) is 62.3 Å². The zero-order valence-corrected chi connectivity index (χ0v) is 23.3. The van der Waals surface area contributed by atoms with E-state index in [2.05, 4.69) is 36.3 Å². The number of piperidine rings is 1. The van der Waals surface area contributed by atoms with E-state index in [4.69, 9.17) is 0 Å². The number of nitrogens with one attached hydrogen (secondary N) is 2. The van der Waals surface area contributed by atoms with Crippen LogP contribution in [0.2, 0.25) is 0 Å². The van der Waals surface area contributed by atoms with E-state index in [1.54, 1.807) is 11.6 Å². The van der Waals surface area contributed by atoms with Crippen molar-refractivity contribution in [3.63, 3.8) is 0 Å². The fourth-order valence-electron chi connectivity index (χ4n) is 5.12. The van der Waals surface area contributed by atoms with Crippen LogP contribution in [0.15, 0.2) is 23.0 Å². The maximum atomic E-state index is 14.7. The van der Waals surface area contributed by atoms with Crippen LogP contribution in [0.5, 0.6) is 0 Å². The zero-order chi connectivity index (χ0) is 24.4. The lowest BCUT2D eigenvalue weighted by Gasteiger charge is -2.41. The molecule has 2 atom stereocenters. The lowest BCUT2D eigenvalue weighted by molar-refractivity contribution is 0.0949. The van der Waals surface area contributed by atoms with Crippen LogP contribution < -0.4 is 21.1 Å². The summed E-state index contributed by atoms with van der Waals surface area (Å²) in [5.41, 5.74) is 3.92. The monoisotopic (exact) mass is 528 g/mol. The van der Waals surface area contributed by atoms with Gasteiger partial charge in [-0.05, 0) is 83.7 Å². The Balaban J connectivity index is 0.00000306. The molecule has 1 fully saturated rings. The Morgan fingerprint density at radius 3 is 2.31 bits per heavy atom. The topological polar surface area (TPSA) is 66.4 Å². The van der Waals surface area contributed by atoms with Crippen LogP contribution in [0, 0.1) is 26.6 Å². The zero-order valence-electron chi connectivity index (χ0n) is 21.7. The fourth-order valence-corrected chi connectivity index (χ4v) is 5.12. The first kappa shape index (κ1) is 30.9. The summed E-state index contributed by atoms with van der Waals surface area (Å²) < 4.78 is 16.3. The summed E-state index contributed by atoms with van der Waals surface area (Å²) in [6.45, 7) is 12.8. The van der Waals surface area contributed by atoms with Crippen LogP contribution in [-0.4, -0.2) is 35.1 Å². The van der Waals surface area contributed by atoms with Gasteiger partial charge in [-0.3, -0.25) is 9.59 Å². The smallest absolute Gasteiger partial charge is 0.255 e. The summed E-state index contributed by atoms with van der Waals surface area (Å²) >= 11 is 0. The van der Waals surface area contributed by atoms with Gasteiger partial charge in [0, 0.05) is 60.8 Å². The molecular weight excluding hydrogens is 490 g/mol. The molecule has 1 aliphatic heterocycles. The van der Waals surface area contributed by atoms with E-state index in [1.165, 1.54) is 12.1 Å². The van der Waals surface area contributed by atoms with Gasteiger partial charge in [-0.25, -0.2) is 4.39 Å². The Bertz CT molecular complexity index is 1100. The van der Waals surface area contributed by atoms with E-state index in [1.807, 2.05) is 26.8 Å². The van der Waals surface area contributed by atoms with Gasteiger partial charge in [-0.15, -0.1) is 24.8 Å². The number of rotatable bonds is 6. The minimum Gasteiger partial charge on any atom is -0.368 e. The molecule has 35 heavy (non-hydrogen) atoms. The van der Waals surface area contributed by atoms with Crippen molar-refractivity contribution in [2.75, 3.05) is 11.4 Å². The first-order valence-electron chi connectivity index (χ1n) is 11.8. The number of benzene rings is 1. The van der Waals surface area contributed by atoms with Gasteiger partial charge < -0.3 is 20.1 Å². The van der Waals surface area contributed by atoms with Gasteiger partial charge in [-0.1, -0.05) is 0 Å². The number of carbonyl (C=O) groups excluding carboxylic acids is 1. The molecule has 1 aromatic heterocycles. The molecular formula is C26H39Cl2FN4O2. The summed E-state index contributed by atoms with van der Waals surface area (Å²) in [7, 11) is 1.72. The third-order valence-corrected chi connectivity index (χ3v) is 6.92. The first-order chi connectivity index (χ1) is 15.5. The highest BCUT2D eigenvalue weighted by atomic mass is 35.5. The molecule has 1 aliphatic rings. The van der Waals surface area contributed by atoms with Crippen molar-refractivity contribution in [2.45, 2.75) is 79.1 Å². The molecule has 2 aromatic rings. The lowest BCUT2D eigenvalue weighted by atomic mass is 9.92. The number of nitrogens with zero attached hydrogens (tertiary/aromatic N) is 2. The average Bonchev–Trinajstić information content (AvgIpc) is 2.74. The second kappa shape index (κ2) is 12.7. The van der Waals surface area contributed by atoms with E-state index >= 15 is 0 Å². The molecule has 196 valence electrons. The normalized spacial score (nSPS) is 19.4. The minimum atomic E-state index is -0.434. The van der Waals surface area contributed by atoms with Gasteiger partial charge in [0.25, 0.3) is 11.5 Å². The summed E-state index contributed by atoms with van der Waals surface area (Å²) in [5, 5.41) is 6.39. The summed E-state index contributed by atoms with van der Waals surface area (Å²) in [6.07, 6.45) is 1.93. The highest BCUT2D eigenvalue weighted by molar-refractivity contribution is 5.97. The van der Waals surface area contributed by atoms with Crippen LogP contribution in [0.1, 0.15) is 66.4 Å². The van der Waals surface area contributed by atoms with E-state index in [-0.39, 0.29) is 48.9 Å². The molecule has 1 amide bonds. The molecule has 1 aromatic carbocycles. The Labute approximate surface area is 220 Å². The van der Waals surface area contributed by atoms with Crippen molar-refractivity contribution >= 4 is 36.4 Å². The Morgan fingerprint density at radius 2 is 1.74 bits per heavy atom. The highest BCUT2D eigenvalue weighted by Crippen LogP contribution is 2.30. The Hall–Kier alpha value is -2.09.